The minimum atomic E-state index is -0.121. The summed E-state index contributed by atoms with van der Waals surface area (Å²) in [5, 5.41) is 0. The third kappa shape index (κ3) is 3.37. The van der Waals surface area contributed by atoms with Crippen LogP contribution in [0.5, 0.6) is 0 Å². The number of carbonyl (C=O) groups excluding carboxylic acids is 1. The number of hydrogen-bond acceptors (Lipinski definition) is 3. The zero-order valence-corrected chi connectivity index (χ0v) is 11.4. The number of nitrogens with zero attached hydrogens (tertiary/aromatic N) is 1. The second kappa shape index (κ2) is 6.41. The van der Waals surface area contributed by atoms with Gasteiger partial charge in [-0.3, -0.25) is 0 Å². The van der Waals surface area contributed by atoms with Gasteiger partial charge in [0.05, 0.1) is 6.61 Å². The van der Waals surface area contributed by atoms with E-state index in [2.05, 4.69) is 6.92 Å². The number of nitrogens with two attached hydrogens (primary N) is 1. The van der Waals surface area contributed by atoms with Crippen LogP contribution >= 0.6 is 0 Å². The highest BCUT2D eigenvalue weighted by Crippen LogP contribution is 2.31. The molecule has 2 fully saturated rings. The summed E-state index contributed by atoms with van der Waals surface area (Å²) in [4.78, 5) is 13.8. The molecule has 1 saturated heterocycles. The van der Waals surface area contributed by atoms with Crippen molar-refractivity contribution in [2.45, 2.75) is 39.0 Å². The summed E-state index contributed by atoms with van der Waals surface area (Å²) in [6.07, 6.45) is 5.78. The van der Waals surface area contributed by atoms with E-state index >= 15 is 0 Å². The van der Waals surface area contributed by atoms with Gasteiger partial charge in [0.15, 0.2) is 0 Å². The van der Waals surface area contributed by atoms with Gasteiger partial charge in [0.1, 0.15) is 0 Å². The first-order chi connectivity index (χ1) is 8.70. The standard InChI is InChI=1S/C14H26N2O2/c1-11-4-3-7-16(9-11)14(17)18-10-13-6-2-5-12(13)8-15/h11-13H,2-10,15H2,1H3. The highest BCUT2D eigenvalue weighted by molar-refractivity contribution is 5.67. The summed E-state index contributed by atoms with van der Waals surface area (Å²) in [5.41, 5.74) is 5.74. The van der Waals surface area contributed by atoms with Gasteiger partial charge in [0, 0.05) is 13.1 Å². The summed E-state index contributed by atoms with van der Waals surface area (Å²) in [5.74, 6) is 1.65. The Kier molecular flexibility index (Phi) is 4.87. The second-order valence-electron chi connectivity index (χ2n) is 5.96. The number of amides is 1. The van der Waals surface area contributed by atoms with Crippen molar-refractivity contribution in [3.05, 3.63) is 0 Å². The van der Waals surface area contributed by atoms with Crippen LogP contribution in [-0.2, 0) is 4.74 Å². The molecule has 104 valence electrons. The fourth-order valence-corrected chi connectivity index (χ4v) is 3.27. The van der Waals surface area contributed by atoms with E-state index in [-0.39, 0.29) is 6.09 Å². The molecule has 3 unspecified atom stereocenters. The molecule has 1 aliphatic heterocycles. The highest BCUT2D eigenvalue weighted by Gasteiger charge is 2.28. The molecule has 0 bridgehead atoms. The van der Waals surface area contributed by atoms with Gasteiger partial charge in [0.2, 0.25) is 0 Å². The molecule has 0 aromatic rings. The van der Waals surface area contributed by atoms with Crippen molar-refractivity contribution in [1.29, 1.82) is 0 Å². The van der Waals surface area contributed by atoms with Crippen LogP contribution < -0.4 is 5.73 Å². The Hall–Kier alpha value is -0.770. The van der Waals surface area contributed by atoms with Gasteiger partial charge in [0.25, 0.3) is 0 Å². The van der Waals surface area contributed by atoms with Crippen molar-refractivity contribution in [3.8, 4) is 0 Å². The predicted octanol–water partition coefficient (Wildman–Crippen LogP) is 2.23. The van der Waals surface area contributed by atoms with E-state index in [1.807, 2.05) is 4.90 Å². The number of rotatable bonds is 3. The van der Waals surface area contributed by atoms with Crippen molar-refractivity contribution < 1.29 is 9.53 Å². The maximum Gasteiger partial charge on any atom is 0.409 e. The van der Waals surface area contributed by atoms with Gasteiger partial charge in [-0.15, -0.1) is 0 Å². The number of hydrogen-bond donors (Lipinski definition) is 1. The lowest BCUT2D eigenvalue weighted by molar-refractivity contribution is 0.0688. The fourth-order valence-electron chi connectivity index (χ4n) is 3.27. The molecular formula is C14H26N2O2. The molecule has 0 radical (unpaired) electrons. The Labute approximate surface area is 110 Å². The lowest BCUT2D eigenvalue weighted by Crippen LogP contribution is -2.40. The second-order valence-corrected chi connectivity index (χ2v) is 5.96. The maximum absolute atomic E-state index is 12.0. The quantitative estimate of drug-likeness (QED) is 0.840. The van der Waals surface area contributed by atoms with Gasteiger partial charge >= 0.3 is 6.09 Å². The van der Waals surface area contributed by atoms with Crippen molar-refractivity contribution >= 4 is 6.09 Å². The molecule has 1 saturated carbocycles. The van der Waals surface area contributed by atoms with Crippen LogP contribution in [0.4, 0.5) is 4.79 Å². The maximum atomic E-state index is 12.0. The molecule has 4 heteroatoms. The largest absolute Gasteiger partial charge is 0.449 e. The third-order valence-electron chi connectivity index (χ3n) is 4.46. The molecule has 0 aromatic carbocycles. The summed E-state index contributed by atoms with van der Waals surface area (Å²) >= 11 is 0. The van der Waals surface area contributed by atoms with E-state index in [4.69, 9.17) is 10.5 Å². The lowest BCUT2D eigenvalue weighted by atomic mass is 9.97. The van der Waals surface area contributed by atoms with Gasteiger partial charge in [-0.05, 0) is 50.0 Å². The van der Waals surface area contributed by atoms with E-state index in [0.29, 0.717) is 24.4 Å². The summed E-state index contributed by atoms with van der Waals surface area (Å²) in [6.45, 7) is 5.19. The highest BCUT2D eigenvalue weighted by atomic mass is 16.6. The van der Waals surface area contributed by atoms with E-state index in [9.17, 15) is 4.79 Å². The topological polar surface area (TPSA) is 55.6 Å². The van der Waals surface area contributed by atoms with Crippen molar-refractivity contribution in [2.75, 3.05) is 26.2 Å². The third-order valence-corrected chi connectivity index (χ3v) is 4.46. The Morgan fingerprint density at radius 1 is 1.28 bits per heavy atom. The van der Waals surface area contributed by atoms with Crippen molar-refractivity contribution in [3.63, 3.8) is 0 Å². The predicted molar refractivity (Wildman–Crippen MR) is 71.2 cm³/mol. The van der Waals surface area contributed by atoms with Crippen molar-refractivity contribution in [2.24, 2.45) is 23.5 Å². The SMILES string of the molecule is CC1CCCN(C(=O)OCC2CCCC2CN)C1. The first-order valence-corrected chi connectivity index (χ1v) is 7.32. The smallest absolute Gasteiger partial charge is 0.409 e. The molecule has 1 amide bonds. The summed E-state index contributed by atoms with van der Waals surface area (Å²) in [6, 6.07) is 0. The first kappa shape index (κ1) is 13.7. The average molecular weight is 254 g/mol. The molecule has 2 rings (SSSR count). The lowest BCUT2D eigenvalue weighted by Gasteiger charge is -2.30. The monoisotopic (exact) mass is 254 g/mol. The summed E-state index contributed by atoms with van der Waals surface area (Å²) < 4.78 is 5.48. The van der Waals surface area contributed by atoms with E-state index in [0.717, 1.165) is 32.5 Å². The fraction of sp³-hybridized carbons (Fsp3) is 0.929. The average Bonchev–Trinajstić information content (AvgIpc) is 2.83. The van der Waals surface area contributed by atoms with Crippen LogP contribution in [0.2, 0.25) is 0 Å². The van der Waals surface area contributed by atoms with E-state index < -0.39 is 0 Å². The van der Waals surface area contributed by atoms with Gasteiger partial charge in [-0.25, -0.2) is 4.79 Å². The molecule has 18 heavy (non-hydrogen) atoms. The molecule has 2 aliphatic rings. The molecule has 3 atom stereocenters. The van der Waals surface area contributed by atoms with Crippen molar-refractivity contribution in [1.82, 2.24) is 4.90 Å². The summed E-state index contributed by atoms with van der Waals surface area (Å²) in [7, 11) is 0. The molecule has 1 heterocycles. The van der Waals surface area contributed by atoms with Gasteiger partial charge in [-0.2, -0.15) is 0 Å². The minimum absolute atomic E-state index is 0.121. The van der Waals surface area contributed by atoms with E-state index in [1.165, 1.54) is 19.3 Å². The number of piperidine rings is 1. The zero-order chi connectivity index (χ0) is 13.0. The zero-order valence-electron chi connectivity index (χ0n) is 11.4. The number of carbonyl (C=O) groups is 1. The molecule has 2 N–H and O–H groups in total. The normalized spacial score (nSPS) is 32.6. The van der Waals surface area contributed by atoms with Crippen LogP contribution in [-0.4, -0.2) is 37.2 Å². The Morgan fingerprint density at radius 2 is 2.06 bits per heavy atom. The Balaban J connectivity index is 1.74. The van der Waals surface area contributed by atoms with Crippen LogP contribution in [0.15, 0.2) is 0 Å². The van der Waals surface area contributed by atoms with Gasteiger partial charge in [-0.1, -0.05) is 13.3 Å². The number of ether oxygens (including phenoxy) is 1. The Morgan fingerprint density at radius 3 is 2.78 bits per heavy atom. The number of likely N-dealkylation sites (tertiary alicyclic amines) is 1. The molecule has 4 nitrogen and oxygen atoms in total. The Bertz CT molecular complexity index is 283. The first-order valence-electron chi connectivity index (χ1n) is 7.32. The van der Waals surface area contributed by atoms with Crippen LogP contribution in [0, 0.1) is 17.8 Å². The van der Waals surface area contributed by atoms with E-state index in [1.54, 1.807) is 0 Å². The van der Waals surface area contributed by atoms with Gasteiger partial charge < -0.3 is 15.4 Å². The minimum Gasteiger partial charge on any atom is -0.449 e. The molecular weight excluding hydrogens is 228 g/mol. The van der Waals surface area contributed by atoms with Crippen LogP contribution in [0.25, 0.3) is 0 Å². The van der Waals surface area contributed by atoms with Crippen LogP contribution in [0.1, 0.15) is 39.0 Å². The molecule has 0 aromatic heterocycles. The molecule has 0 spiro atoms. The van der Waals surface area contributed by atoms with Crippen LogP contribution in [0.3, 0.4) is 0 Å². The molecule has 1 aliphatic carbocycles.